The molecule has 21 heavy (non-hydrogen) atoms. The molecule has 0 amide bonds. The fraction of sp³-hybridized carbons (Fsp3) is 0.357. The predicted octanol–water partition coefficient (Wildman–Crippen LogP) is 3.03. The molecule has 7 heteroatoms. The van der Waals surface area contributed by atoms with E-state index in [2.05, 4.69) is 5.10 Å². The van der Waals surface area contributed by atoms with E-state index in [4.69, 9.17) is 4.74 Å². The number of aliphatic hydroxyl groups excluding tert-OH is 1. The number of para-hydroxylation sites is 1. The highest BCUT2D eigenvalue weighted by atomic mass is 19.4. The van der Waals surface area contributed by atoms with E-state index in [1.165, 1.54) is 0 Å². The van der Waals surface area contributed by atoms with Crippen molar-refractivity contribution in [2.24, 2.45) is 0 Å². The SMILES string of the molecule is CCOc1ccccc1C(O)Cn1cc(C(F)(F)F)cn1. The Hall–Kier alpha value is -2.02. The predicted molar refractivity (Wildman–Crippen MR) is 69.8 cm³/mol. The van der Waals surface area contributed by atoms with Gasteiger partial charge in [-0.1, -0.05) is 18.2 Å². The highest BCUT2D eigenvalue weighted by molar-refractivity contribution is 5.35. The smallest absolute Gasteiger partial charge is 0.419 e. The summed E-state index contributed by atoms with van der Waals surface area (Å²) in [4.78, 5) is 0. The molecule has 2 rings (SSSR count). The van der Waals surface area contributed by atoms with Crippen LogP contribution in [0.5, 0.6) is 5.75 Å². The molecule has 1 aromatic heterocycles. The topological polar surface area (TPSA) is 47.3 Å². The first kappa shape index (κ1) is 15.4. The van der Waals surface area contributed by atoms with E-state index in [-0.39, 0.29) is 6.54 Å². The summed E-state index contributed by atoms with van der Waals surface area (Å²) >= 11 is 0. The van der Waals surface area contributed by atoms with Gasteiger partial charge in [0.1, 0.15) is 11.9 Å². The number of hydrogen-bond donors (Lipinski definition) is 1. The molecule has 0 spiro atoms. The van der Waals surface area contributed by atoms with Crippen molar-refractivity contribution in [3.8, 4) is 5.75 Å². The Labute approximate surface area is 119 Å². The molecule has 0 bridgehead atoms. The number of alkyl halides is 3. The molecule has 114 valence electrons. The van der Waals surface area contributed by atoms with E-state index >= 15 is 0 Å². The second-order valence-corrected chi connectivity index (χ2v) is 4.44. The van der Waals surface area contributed by atoms with Gasteiger partial charge in [0.05, 0.1) is 24.9 Å². The second kappa shape index (κ2) is 6.17. The summed E-state index contributed by atoms with van der Waals surface area (Å²) in [7, 11) is 0. The maximum absolute atomic E-state index is 12.5. The Kier molecular flexibility index (Phi) is 4.52. The van der Waals surface area contributed by atoms with E-state index in [0.717, 1.165) is 17.1 Å². The van der Waals surface area contributed by atoms with Crippen LogP contribution in [0.4, 0.5) is 13.2 Å². The van der Waals surface area contributed by atoms with Gasteiger partial charge in [0.15, 0.2) is 0 Å². The lowest BCUT2D eigenvalue weighted by atomic mass is 10.1. The highest BCUT2D eigenvalue weighted by Crippen LogP contribution is 2.30. The average Bonchev–Trinajstić information content (AvgIpc) is 2.88. The lowest BCUT2D eigenvalue weighted by Crippen LogP contribution is -2.11. The minimum absolute atomic E-state index is 0.0832. The number of nitrogens with zero attached hydrogens (tertiary/aromatic N) is 2. The van der Waals surface area contributed by atoms with Crippen LogP contribution >= 0.6 is 0 Å². The zero-order valence-electron chi connectivity index (χ0n) is 11.3. The fourth-order valence-corrected chi connectivity index (χ4v) is 1.93. The quantitative estimate of drug-likeness (QED) is 0.923. The van der Waals surface area contributed by atoms with Crippen LogP contribution in [-0.2, 0) is 12.7 Å². The van der Waals surface area contributed by atoms with Crippen molar-refractivity contribution in [1.82, 2.24) is 9.78 Å². The lowest BCUT2D eigenvalue weighted by Gasteiger charge is -2.15. The van der Waals surface area contributed by atoms with Gasteiger partial charge in [0.25, 0.3) is 0 Å². The molecule has 1 N–H and O–H groups in total. The van der Waals surface area contributed by atoms with Crippen LogP contribution in [0.15, 0.2) is 36.7 Å². The fourth-order valence-electron chi connectivity index (χ4n) is 1.93. The van der Waals surface area contributed by atoms with Gasteiger partial charge in [0, 0.05) is 11.8 Å². The van der Waals surface area contributed by atoms with Crippen molar-refractivity contribution in [2.75, 3.05) is 6.61 Å². The molecule has 4 nitrogen and oxygen atoms in total. The van der Waals surface area contributed by atoms with Gasteiger partial charge >= 0.3 is 6.18 Å². The number of benzene rings is 1. The van der Waals surface area contributed by atoms with Gasteiger partial charge in [0.2, 0.25) is 0 Å². The van der Waals surface area contributed by atoms with Crippen LogP contribution < -0.4 is 4.74 Å². The third-order valence-corrected chi connectivity index (χ3v) is 2.90. The summed E-state index contributed by atoms with van der Waals surface area (Å²) in [6.07, 6.45) is -3.84. The number of aromatic nitrogens is 2. The highest BCUT2D eigenvalue weighted by Gasteiger charge is 2.32. The molecule has 0 fully saturated rings. The van der Waals surface area contributed by atoms with Crippen molar-refractivity contribution in [3.63, 3.8) is 0 Å². The van der Waals surface area contributed by atoms with Gasteiger partial charge < -0.3 is 9.84 Å². The molecule has 1 heterocycles. The molecule has 0 aliphatic rings. The molecular formula is C14H15F3N2O2. The maximum atomic E-state index is 12.5. The molecule has 1 unspecified atom stereocenters. The molecule has 0 aliphatic carbocycles. The van der Waals surface area contributed by atoms with Gasteiger partial charge in [-0.15, -0.1) is 0 Å². The second-order valence-electron chi connectivity index (χ2n) is 4.44. The summed E-state index contributed by atoms with van der Waals surface area (Å²) in [6.45, 7) is 2.16. The van der Waals surface area contributed by atoms with E-state index in [9.17, 15) is 18.3 Å². The van der Waals surface area contributed by atoms with Gasteiger partial charge in [-0.25, -0.2) is 0 Å². The Morgan fingerprint density at radius 3 is 2.67 bits per heavy atom. The van der Waals surface area contributed by atoms with E-state index in [1.807, 2.05) is 6.92 Å². The summed E-state index contributed by atoms with van der Waals surface area (Å²) < 4.78 is 43.9. The molecular weight excluding hydrogens is 285 g/mol. The van der Waals surface area contributed by atoms with E-state index in [0.29, 0.717) is 17.9 Å². The number of ether oxygens (including phenoxy) is 1. The zero-order valence-corrected chi connectivity index (χ0v) is 11.3. The van der Waals surface area contributed by atoms with Crippen LogP contribution in [0.3, 0.4) is 0 Å². The summed E-state index contributed by atoms with van der Waals surface area (Å²) in [5, 5.41) is 13.8. The Morgan fingerprint density at radius 2 is 2.05 bits per heavy atom. The average molecular weight is 300 g/mol. The lowest BCUT2D eigenvalue weighted by molar-refractivity contribution is -0.137. The molecule has 0 radical (unpaired) electrons. The van der Waals surface area contributed by atoms with Crippen molar-refractivity contribution in [1.29, 1.82) is 0 Å². The number of aliphatic hydroxyl groups is 1. The monoisotopic (exact) mass is 300 g/mol. The van der Waals surface area contributed by atoms with Crippen LogP contribution in [0.25, 0.3) is 0 Å². The minimum Gasteiger partial charge on any atom is -0.493 e. The molecule has 1 atom stereocenters. The number of hydrogen-bond acceptors (Lipinski definition) is 3. The van der Waals surface area contributed by atoms with Gasteiger partial charge in [-0.3, -0.25) is 4.68 Å². The third kappa shape index (κ3) is 3.75. The first-order valence-electron chi connectivity index (χ1n) is 6.41. The Balaban J connectivity index is 2.14. The number of rotatable bonds is 5. The molecule has 2 aromatic rings. The first-order valence-corrected chi connectivity index (χ1v) is 6.41. The zero-order chi connectivity index (χ0) is 15.5. The maximum Gasteiger partial charge on any atom is 0.419 e. The van der Waals surface area contributed by atoms with Crippen LogP contribution in [0.2, 0.25) is 0 Å². The van der Waals surface area contributed by atoms with Crippen LogP contribution in [0, 0.1) is 0 Å². The number of halogens is 3. The van der Waals surface area contributed by atoms with Crippen molar-refractivity contribution >= 4 is 0 Å². The molecule has 1 aromatic carbocycles. The van der Waals surface area contributed by atoms with Gasteiger partial charge in [-0.05, 0) is 13.0 Å². The molecule has 0 saturated carbocycles. The van der Waals surface area contributed by atoms with Crippen molar-refractivity contribution in [3.05, 3.63) is 47.8 Å². The standard InChI is InChI=1S/C14H15F3N2O2/c1-2-21-13-6-4-3-5-11(13)12(20)9-19-8-10(7-18-19)14(15,16)17/h3-8,12,20H,2,9H2,1H3. The first-order chi connectivity index (χ1) is 9.91. The van der Waals surface area contributed by atoms with Crippen LogP contribution in [-0.4, -0.2) is 21.5 Å². The largest absolute Gasteiger partial charge is 0.493 e. The van der Waals surface area contributed by atoms with Crippen molar-refractivity contribution < 1.29 is 23.0 Å². The van der Waals surface area contributed by atoms with E-state index < -0.39 is 17.8 Å². The Morgan fingerprint density at radius 1 is 1.33 bits per heavy atom. The van der Waals surface area contributed by atoms with Gasteiger partial charge in [-0.2, -0.15) is 18.3 Å². The third-order valence-electron chi connectivity index (χ3n) is 2.90. The normalized spacial score (nSPS) is 13.2. The van der Waals surface area contributed by atoms with E-state index in [1.54, 1.807) is 24.3 Å². The van der Waals surface area contributed by atoms with Crippen molar-refractivity contribution in [2.45, 2.75) is 25.7 Å². The summed E-state index contributed by atoms with van der Waals surface area (Å²) in [6, 6.07) is 6.86. The summed E-state index contributed by atoms with van der Waals surface area (Å²) in [5.41, 5.74) is -0.323. The summed E-state index contributed by atoms with van der Waals surface area (Å²) in [5.74, 6) is 0.510. The Bertz CT molecular complexity index is 596. The minimum atomic E-state index is -4.44. The molecule has 0 saturated heterocycles. The molecule has 0 aliphatic heterocycles. The van der Waals surface area contributed by atoms with Crippen LogP contribution in [0.1, 0.15) is 24.2 Å².